The molecule has 0 aliphatic heterocycles. The first-order valence-electron chi connectivity index (χ1n) is 7.24. The number of rotatable bonds is 5. The molecular formula is C15H20N4O2. The molecule has 1 saturated carbocycles. The van der Waals surface area contributed by atoms with Crippen LogP contribution in [0.1, 0.15) is 12.8 Å². The maximum Gasteiger partial charge on any atom is 0.329 e. The first-order chi connectivity index (χ1) is 10.1. The second-order valence-electron chi connectivity index (χ2n) is 5.72. The molecule has 1 aromatic carbocycles. The smallest absolute Gasteiger partial charge is 0.329 e. The summed E-state index contributed by atoms with van der Waals surface area (Å²) in [5.74, 6) is 0.370. The minimum atomic E-state index is -0.183. The van der Waals surface area contributed by atoms with E-state index in [2.05, 4.69) is 5.32 Å². The molecule has 3 rings (SSSR count). The highest BCUT2D eigenvalue weighted by Gasteiger charge is 2.28. The van der Waals surface area contributed by atoms with E-state index in [1.165, 1.54) is 4.57 Å². The number of hydrogen-bond acceptors (Lipinski definition) is 3. The number of imidazole rings is 1. The Balaban J connectivity index is 1.73. The molecule has 0 spiro atoms. The van der Waals surface area contributed by atoms with Crippen LogP contribution >= 0.6 is 0 Å². The van der Waals surface area contributed by atoms with Crippen molar-refractivity contribution < 1.29 is 4.79 Å². The van der Waals surface area contributed by atoms with Crippen molar-refractivity contribution in [2.75, 3.05) is 6.54 Å². The van der Waals surface area contributed by atoms with Crippen LogP contribution in [0.15, 0.2) is 29.1 Å². The fourth-order valence-corrected chi connectivity index (χ4v) is 2.64. The van der Waals surface area contributed by atoms with E-state index in [9.17, 15) is 9.59 Å². The van der Waals surface area contributed by atoms with Gasteiger partial charge in [-0.05, 0) is 30.9 Å². The van der Waals surface area contributed by atoms with Gasteiger partial charge in [0.15, 0.2) is 0 Å². The van der Waals surface area contributed by atoms with Crippen molar-refractivity contribution in [3.63, 3.8) is 0 Å². The van der Waals surface area contributed by atoms with E-state index in [-0.39, 0.29) is 24.2 Å². The summed E-state index contributed by atoms with van der Waals surface area (Å²) >= 11 is 0. The van der Waals surface area contributed by atoms with Crippen molar-refractivity contribution in [2.45, 2.75) is 25.4 Å². The number of nitrogens with zero attached hydrogens (tertiary/aromatic N) is 2. The molecule has 1 heterocycles. The highest BCUT2D eigenvalue weighted by molar-refractivity contribution is 5.80. The third-order valence-corrected chi connectivity index (χ3v) is 4.12. The summed E-state index contributed by atoms with van der Waals surface area (Å²) in [6, 6.07) is 7.48. The number of amides is 1. The first kappa shape index (κ1) is 13.9. The number of aryl methyl sites for hydroxylation is 1. The average Bonchev–Trinajstić information content (AvgIpc) is 3.30. The zero-order valence-corrected chi connectivity index (χ0v) is 12.1. The lowest BCUT2D eigenvalue weighted by molar-refractivity contribution is -0.121. The number of nitrogens with two attached hydrogens (primary N) is 1. The zero-order valence-electron chi connectivity index (χ0n) is 12.1. The van der Waals surface area contributed by atoms with E-state index in [4.69, 9.17) is 5.73 Å². The Labute approximate surface area is 122 Å². The first-order valence-corrected chi connectivity index (χ1v) is 7.24. The molecule has 1 aliphatic carbocycles. The highest BCUT2D eigenvalue weighted by atomic mass is 16.2. The van der Waals surface area contributed by atoms with Gasteiger partial charge in [0.1, 0.15) is 6.54 Å². The zero-order chi connectivity index (χ0) is 15.0. The molecule has 1 atom stereocenters. The molecule has 1 amide bonds. The van der Waals surface area contributed by atoms with Gasteiger partial charge < -0.3 is 11.1 Å². The second kappa shape index (κ2) is 5.37. The number of nitrogens with one attached hydrogen (secondary N) is 1. The minimum Gasteiger partial charge on any atom is -0.353 e. The molecule has 2 aromatic rings. The summed E-state index contributed by atoms with van der Waals surface area (Å²) < 4.78 is 3.05. The Morgan fingerprint density at radius 3 is 2.71 bits per heavy atom. The van der Waals surface area contributed by atoms with Crippen LogP contribution < -0.4 is 16.7 Å². The number of fused-ring (bicyclic) bond motifs is 1. The quantitative estimate of drug-likeness (QED) is 0.824. The Morgan fingerprint density at radius 2 is 2.05 bits per heavy atom. The van der Waals surface area contributed by atoms with E-state index in [0.29, 0.717) is 12.5 Å². The van der Waals surface area contributed by atoms with Gasteiger partial charge in [-0.1, -0.05) is 12.1 Å². The largest absolute Gasteiger partial charge is 0.353 e. The van der Waals surface area contributed by atoms with E-state index in [0.717, 1.165) is 23.9 Å². The lowest BCUT2D eigenvalue weighted by Gasteiger charge is -2.11. The standard InChI is InChI=1S/C15H20N4O2/c1-18-12-4-2-3-5-13(12)19(15(18)21)9-14(20)17-8-11(16)10-6-7-10/h2-5,10-11H,6-9,16H2,1H3,(H,17,20). The van der Waals surface area contributed by atoms with Gasteiger partial charge in [0, 0.05) is 19.6 Å². The average molecular weight is 288 g/mol. The molecule has 3 N–H and O–H groups in total. The predicted octanol–water partition coefficient (Wildman–Crippen LogP) is 0.194. The van der Waals surface area contributed by atoms with Crippen LogP contribution in [-0.2, 0) is 18.4 Å². The van der Waals surface area contributed by atoms with Crippen LogP contribution in [0.25, 0.3) is 11.0 Å². The molecule has 1 aliphatic rings. The Kier molecular flexibility index (Phi) is 3.55. The summed E-state index contributed by atoms with van der Waals surface area (Å²) in [6.07, 6.45) is 2.31. The Bertz CT molecular complexity index is 727. The SMILES string of the molecule is Cn1c(=O)n(CC(=O)NCC(N)C2CC2)c2ccccc21. The molecule has 0 radical (unpaired) electrons. The van der Waals surface area contributed by atoms with Crippen LogP contribution in [-0.4, -0.2) is 27.6 Å². The third kappa shape index (κ3) is 2.71. The van der Waals surface area contributed by atoms with Crippen LogP contribution in [0.4, 0.5) is 0 Å². The molecule has 6 nitrogen and oxygen atoms in total. The van der Waals surface area contributed by atoms with E-state index in [1.54, 1.807) is 11.6 Å². The van der Waals surface area contributed by atoms with Crippen LogP contribution in [0, 0.1) is 5.92 Å². The van der Waals surface area contributed by atoms with Gasteiger partial charge in [-0.2, -0.15) is 0 Å². The minimum absolute atomic E-state index is 0.0254. The third-order valence-electron chi connectivity index (χ3n) is 4.12. The van der Waals surface area contributed by atoms with Gasteiger partial charge in [0.2, 0.25) is 5.91 Å². The Morgan fingerprint density at radius 1 is 1.38 bits per heavy atom. The predicted molar refractivity (Wildman–Crippen MR) is 80.9 cm³/mol. The maximum absolute atomic E-state index is 12.2. The van der Waals surface area contributed by atoms with Gasteiger partial charge in [-0.15, -0.1) is 0 Å². The second-order valence-corrected chi connectivity index (χ2v) is 5.72. The number of hydrogen-bond donors (Lipinski definition) is 2. The van der Waals surface area contributed by atoms with E-state index < -0.39 is 0 Å². The van der Waals surface area contributed by atoms with Crippen molar-refractivity contribution in [1.29, 1.82) is 0 Å². The normalized spacial score (nSPS) is 16.1. The summed E-state index contributed by atoms with van der Waals surface area (Å²) in [5.41, 5.74) is 7.37. The monoisotopic (exact) mass is 288 g/mol. The Hall–Kier alpha value is -2.08. The van der Waals surface area contributed by atoms with Gasteiger partial charge in [0.25, 0.3) is 0 Å². The van der Waals surface area contributed by atoms with Gasteiger partial charge >= 0.3 is 5.69 Å². The van der Waals surface area contributed by atoms with Gasteiger partial charge in [-0.3, -0.25) is 13.9 Å². The van der Waals surface area contributed by atoms with Crippen molar-refractivity contribution in [2.24, 2.45) is 18.7 Å². The summed E-state index contributed by atoms with van der Waals surface area (Å²) in [6.45, 7) is 0.501. The number of benzene rings is 1. The topological polar surface area (TPSA) is 82.0 Å². The van der Waals surface area contributed by atoms with Crippen molar-refractivity contribution in [1.82, 2.24) is 14.5 Å². The number of carbonyl (C=O) groups excluding carboxylic acids is 1. The van der Waals surface area contributed by atoms with Crippen LogP contribution in [0.5, 0.6) is 0 Å². The summed E-state index contributed by atoms with van der Waals surface area (Å²) in [7, 11) is 1.71. The lowest BCUT2D eigenvalue weighted by atomic mass is 10.2. The van der Waals surface area contributed by atoms with Crippen molar-refractivity contribution >= 4 is 16.9 Å². The maximum atomic E-state index is 12.2. The molecule has 112 valence electrons. The molecule has 1 unspecified atom stereocenters. The molecule has 21 heavy (non-hydrogen) atoms. The molecule has 6 heteroatoms. The van der Waals surface area contributed by atoms with Crippen molar-refractivity contribution in [3.8, 4) is 0 Å². The van der Waals surface area contributed by atoms with E-state index >= 15 is 0 Å². The van der Waals surface area contributed by atoms with Crippen LogP contribution in [0.3, 0.4) is 0 Å². The molecule has 0 bridgehead atoms. The fraction of sp³-hybridized carbons (Fsp3) is 0.467. The fourth-order valence-electron chi connectivity index (χ4n) is 2.64. The molecule has 1 fully saturated rings. The number of carbonyl (C=O) groups is 1. The molecular weight excluding hydrogens is 268 g/mol. The molecule has 0 saturated heterocycles. The molecule has 1 aromatic heterocycles. The van der Waals surface area contributed by atoms with Crippen molar-refractivity contribution in [3.05, 3.63) is 34.7 Å². The summed E-state index contributed by atoms with van der Waals surface area (Å²) in [4.78, 5) is 24.2. The highest BCUT2D eigenvalue weighted by Crippen LogP contribution is 2.31. The van der Waals surface area contributed by atoms with Crippen LogP contribution in [0.2, 0.25) is 0 Å². The summed E-state index contributed by atoms with van der Waals surface area (Å²) in [5, 5.41) is 2.82. The van der Waals surface area contributed by atoms with E-state index in [1.807, 2.05) is 24.3 Å². The number of aromatic nitrogens is 2. The van der Waals surface area contributed by atoms with Gasteiger partial charge in [-0.25, -0.2) is 4.79 Å². The number of para-hydroxylation sites is 2. The lowest BCUT2D eigenvalue weighted by Crippen LogP contribution is -2.41. The van der Waals surface area contributed by atoms with Gasteiger partial charge in [0.05, 0.1) is 11.0 Å².